The monoisotopic (exact) mass is 366 g/mol. The predicted octanol–water partition coefficient (Wildman–Crippen LogP) is 4.02. The van der Waals surface area contributed by atoms with Crippen molar-refractivity contribution in [2.24, 2.45) is 11.8 Å². The SMILES string of the molecule is CCOc1ccccc1NC(=O)C1CC1C(=O)N(CC)c1cccc(C)c1. The van der Waals surface area contributed by atoms with Crippen molar-refractivity contribution in [1.29, 1.82) is 0 Å². The number of nitrogens with zero attached hydrogens (tertiary/aromatic N) is 1. The van der Waals surface area contributed by atoms with Crippen molar-refractivity contribution in [2.45, 2.75) is 27.2 Å². The van der Waals surface area contributed by atoms with Gasteiger partial charge in [-0.1, -0.05) is 24.3 Å². The second-order valence-electron chi connectivity index (χ2n) is 6.79. The van der Waals surface area contributed by atoms with E-state index in [1.165, 1.54) is 0 Å². The Morgan fingerprint density at radius 2 is 1.89 bits per heavy atom. The Bertz CT molecular complexity index is 834. The van der Waals surface area contributed by atoms with Crippen molar-refractivity contribution < 1.29 is 14.3 Å². The van der Waals surface area contributed by atoms with Crippen LogP contribution in [0.2, 0.25) is 0 Å². The van der Waals surface area contributed by atoms with Gasteiger partial charge in [0.05, 0.1) is 24.1 Å². The number of carbonyl (C=O) groups excluding carboxylic acids is 2. The Balaban J connectivity index is 1.66. The van der Waals surface area contributed by atoms with E-state index in [2.05, 4.69) is 5.32 Å². The first-order valence-electron chi connectivity index (χ1n) is 9.45. The summed E-state index contributed by atoms with van der Waals surface area (Å²) >= 11 is 0. The van der Waals surface area contributed by atoms with Gasteiger partial charge in [-0.25, -0.2) is 0 Å². The van der Waals surface area contributed by atoms with Crippen LogP contribution in [0.3, 0.4) is 0 Å². The van der Waals surface area contributed by atoms with E-state index in [0.29, 0.717) is 31.0 Å². The molecule has 1 N–H and O–H groups in total. The van der Waals surface area contributed by atoms with Crippen molar-refractivity contribution in [1.82, 2.24) is 0 Å². The van der Waals surface area contributed by atoms with Crippen LogP contribution in [-0.2, 0) is 9.59 Å². The van der Waals surface area contributed by atoms with Crippen molar-refractivity contribution >= 4 is 23.2 Å². The first-order valence-corrected chi connectivity index (χ1v) is 9.45. The number of amides is 2. The third-order valence-electron chi connectivity index (χ3n) is 4.78. The summed E-state index contributed by atoms with van der Waals surface area (Å²) in [6, 6.07) is 15.2. The van der Waals surface area contributed by atoms with Gasteiger partial charge in [0.15, 0.2) is 0 Å². The fourth-order valence-corrected chi connectivity index (χ4v) is 3.30. The molecule has 0 aliphatic heterocycles. The Morgan fingerprint density at radius 1 is 1.11 bits per heavy atom. The van der Waals surface area contributed by atoms with Crippen LogP contribution < -0.4 is 15.0 Å². The summed E-state index contributed by atoms with van der Waals surface area (Å²) in [6.07, 6.45) is 0.587. The zero-order valence-corrected chi connectivity index (χ0v) is 16.1. The number of aryl methyl sites for hydroxylation is 1. The molecule has 1 fully saturated rings. The van der Waals surface area contributed by atoms with E-state index in [1.807, 2.05) is 69.3 Å². The van der Waals surface area contributed by atoms with Crippen molar-refractivity contribution in [3.8, 4) is 5.75 Å². The van der Waals surface area contributed by atoms with Gasteiger partial charge in [-0.2, -0.15) is 0 Å². The van der Waals surface area contributed by atoms with Crippen LogP contribution in [0, 0.1) is 18.8 Å². The first kappa shape index (κ1) is 19.0. The molecule has 27 heavy (non-hydrogen) atoms. The Hall–Kier alpha value is -2.82. The Labute approximate surface area is 160 Å². The summed E-state index contributed by atoms with van der Waals surface area (Å²) in [7, 11) is 0. The van der Waals surface area contributed by atoms with E-state index in [1.54, 1.807) is 4.90 Å². The second-order valence-corrected chi connectivity index (χ2v) is 6.79. The topological polar surface area (TPSA) is 58.6 Å². The van der Waals surface area contributed by atoms with Gasteiger partial charge in [0, 0.05) is 12.2 Å². The summed E-state index contributed by atoms with van der Waals surface area (Å²) in [4.78, 5) is 27.3. The van der Waals surface area contributed by atoms with Crippen LogP contribution in [-0.4, -0.2) is 25.0 Å². The molecule has 0 heterocycles. The zero-order chi connectivity index (χ0) is 19.4. The van der Waals surface area contributed by atoms with Crippen molar-refractivity contribution in [3.63, 3.8) is 0 Å². The molecule has 2 unspecified atom stereocenters. The summed E-state index contributed by atoms with van der Waals surface area (Å²) in [5.41, 5.74) is 2.64. The average Bonchev–Trinajstić information content (AvgIpc) is 3.45. The van der Waals surface area contributed by atoms with Crippen LogP contribution in [0.4, 0.5) is 11.4 Å². The lowest BCUT2D eigenvalue weighted by atomic mass is 10.2. The number of benzene rings is 2. The van der Waals surface area contributed by atoms with E-state index in [0.717, 1.165) is 11.3 Å². The number of hydrogen-bond donors (Lipinski definition) is 1. The Kier molecular flexibility index (Phi) is 5.79. The quantitative estimate of drug-likeness (QED) is 0.805. The smallest absolute Gasteiger partial charge is 0.230 e. The summed E-state index contributed by atoms with van der Waals surface area (Å²) in [5.74, 6) is -0.00952. The fourth-order valence-electron chi connectivity index (χ4n) is 3.30. The zero-order valence-electron chi connectivity index (χ0n) is 16.1. The highest BCUT2D eigenvalue weighted by atomic mass is 16.5. The molecule has 1 saturated carbocycles. The van der Waals surface area contributed by atoms with Gasteiger partial charge < -0.3 is 15.0 Å². The van der Waals surface area contributed by atoms with Crippen molar-refractivity contribution in [2.75, 3.05) is 23.4 Å². The lowest BCUT2D eigenvalue weighted by molar-refractivity contribution is -0.123. The van der Waals surface area contributed by atoms with Gasteiger partial charge >= 0.3 is 0 Å². The maximum Gasteiger partial charge on any atom is 0.230 e. The third kappa shape index (κ3) is 4.30. The molecule has 1 aliphatic rings. The number of anilines is 2. The molecule has 1 aliphatic carbocycles. The molecule has 0 radical (unpaired) electrons. The lowest BCUT2D eigenvalue weighted by Gasteiger charge is -2.21. The molecule has 2 atom stereocenters. The minimum atomic E-state index is -0.286. The van der Waals surface area contributed by atoms with Gasteiger partial charge in [-0.15, -0.1) is 0 Å². The molecule has 142 valence electrons. The molecule has 5 heteroatoms. The molecule has 3 rings (SSSR count). The largest absolute Gasteiger partial charge is 0.492 e. The van der Waals surface area contributed by atoms with Gasteiger partial charge in [0.1, 0.15) is 5.75 Å². The molecular weight excluding hydrogens is 340 g/mol. The molecule has 2 aromatic carbocycles. The highest BCUT2D eigenvalue weighted by Crippen LogP contribution is 2.42. The van der Waals surface area contributed by atoms with Gasteiger partial charge in [0.2, 0.25) is 11.8 Å². The van der Waals surface area contributed by atoms with E-state index in [9.17, 15) is 9.59 Å². The average molecular weight is 366 g/mol. The first-order chi connectivity index (χ1) is 13.0. The van der Waals surface area contributed by atoms with E-state index >= 15 is 0 Å². The number of rotatable bonds is 7. The minimum Gasteiger partial charge on any atom is -0.492 e. The third-order valence-corrected chi connectivity index (χ3v) is 4.78. The highest BCUT2D eigenvalue weighted by molar-refractivity contribution is 6.04. The molecule has 0 saturated heterocycles. The fraction of sp³-hybridized carbons (Fsp3) is 0.364. The van der Waals surface area contributed by atoms with Crippen LogP contribution in [0.15, 0.2) is 48.5 Å². The molecule has 0 aromatic heterocycles. The van der Waals surface area contributed by atoms with Crippen LogP contribution >= 0.6 is 0 Å². The molecule has 2 aromatic rings. The van der Waals surface area contributed by atoms with E-state index < -0.39 is 0 Å². The molecule has 5 nitrogen and oxygen atoms in total. The number of para-hydroxylation sites is 2. The van der Waals surface area contributed by atoms with Crippen LogP contribution in [0.25, 0.3) is 0 Å². The predicted molar refractivity (Wildman–Crippen MR) is 107 cm³/mol. The number of hydrogen-bond acceptors (Lipinski definition) is 3. The number of carbonyl (C=O) groups is 2. The van der Waals surface area contributed by atoms with Crippen molar-refractivity contribution in [3.05, 3.63) is 54.1 Å². The number of nitrogens with one attached hydrogen (secondary N) is 1. The Morgan fingerprint density at radius 3 is 2.59 bits per heavy atom. The van der Waals surface area contributed by atoms with Gasteiger partial charge in [-0.3, -0.25) is 9.59 Å². The minimum absolute atomic E-state index is 0.0151. The second kappa shape index (κ2) is 8.25. The number of ether oxygens (including phenoxy) is 1. The van der Waals surface area contributed by atoms with E-state index in [4.69, 9.17) is 4.74 Å². The van der Waals surface area contributed by atoms with Crippen LogP contribution in [0.5, 0.6) is 5.75 Å². The standard InChI is InChI=1S/C22H26N2O3/c1-4-24(16-10-8-9-15(3)13-16)22(26)18-14-17(18)21(25)23-19-11-6-7-12-20(19)27-5-2/h6-13,17-18H,4-5,14H2,1-3H3,(H,23,25). The normalized spacial score (nSPS) is 17.9. The van der Waals surface area contributed by atoms with E-state index in [-0.39, 0.29) is 23.7 Å². The molecule has 0 spiro atoms. The van der Waals surface area contributed by atoms with Gasteiger partial charge in [-0.05, 0) is 57.0 Å². The van der Waals surface area contributed by atoms with Crippen LogP contribution in [0.1, 0.15) is 25.8 Å². The molecule has 0 bridgehead atoms. The molecule has 2 amide bonds. The lowest BCUT2D eigenvalue weighted by Crippen LogP contribution is -2.33. The van der Waals surface area contributed by atoms with Gasteiger partial charge in [0.25, 0.3) is 0 Å². The maximum atomic E-state index is 12.9. The summed E-state index contributed by atoms with van der Waals surface area (Å²) in [6.45, 7) is 6.97. The molecular formula is C22H26N2O3. The summed E-state index contributed by atoms with van der Waals surface area (Å²) < 4.78 is 5.55. The highest BCUT2D eigenvalue weighted by Gasteiger charge is 2.49. The summed E-state index contributed by atoms with van der Waals surface area (Å²) in [5, 5.41) is 2.91. The maximum absolute atomic E-state index is 12.9.